The summed E-state index contributed by atoms with van der Waals surface area (Å²) in [6.07, 6.45) is 5.16. The second kappa shape index (κ2) is 6.46. The Morgan fingerprint density at radius 1 is 1.10 bits per heavy atom. The van der Waals surface area contributed by atoms with E-state index in [1.54, 1.807) is 0 Å². The van der Waals surface area contributed by atoms with Crippen molar-refractivity contribution in [1.82, 2.24) is 9.80 Å². The van der Waals surface area contributed by atoms with E-state index in [0.29, 0.717) is 17.2 Å². The molecule has 2 rings (SSSR count). The second-order valence-electron chi connectivity index (χ2n) is 8.00. The highest BCUT2D eigenvalue weighted by atomic mass is 16.2. The zero-order chi connectivity index (χ0) is 14.8. The Balaban J connectivity index is 1.79. The van der Waals surface area contributed by atoms with Crippen LogP contribution in [0.1, 0.15) is 53.4 Å². The average Bonchev–Trinajstić information content (AvgIpc) is 2.90. The lowest BCUT2D eigenvalue weighted by atomic mass is 9.91. The first-order valence-electron chi connectivity index (χ1n) is 8.38. The van der Waals surface area contributed by atoms with Gasteiger partial charge in [0.15, 0.2) is 0 Å². The third kappa shape index (κ3) is 4.21. The van der Waals surface area contributed by atoms with E-state index < -0.39 is 0 Å². The molecule has 3 nitrogen and oxygen atoms in total. The SMILES string of the molecule is CC(C(=O)N1CCN(CC(C)(C)C)CC1)C1CCCC1. The number of hydrogen-bond donors (Lipinski definition) is 0. The zero-order valence-electron chi connectivity index (χ0n) is 13.8. The molecule has 0 N–H and O–H groups in total. The topological polar surface area (TPSA) is 23.6 Å². The van der Waals surface area contributed by atoms with Crippen LogP contribution in [0.3, 0.4) is 0 Å². The molecule has 0 aromatic rings. The van der Waals surface area contributed by atoms with Crippen LogP contribution in [0.2, 0.25) is 0 Å². The first-order chi connectivity index (χ1) is 9.37. The van der Waals surface area contributed by atoms with Crippen LogP contribution in [0.25, 0.3) is 0 Å². The van der Waals surface area contributed by atoms with Gasteiger partial charge in [0.2, 0.25) is 5.91 Å². The lowest BCUT2D eigenvalue weighted by Crippen LogP contribution is -2.52. The summed E-state index contributed by atoms with van der Waals surface area (Å²) in [7, 11) is 0. The van der Waals surface area contributed by atoms with Gasteiger partial charge in [0, 0.05) is 38.6 Å². The maximum absolute atomic E-state index is 12.6. The fourth-order valence-corrected chi connectivity index (χ4v) is 3.74. The van der Waals surface area contributed by atoms with Crippen molar-refractivity contribution in [3.63, 3.8) is 0 Å². The molecular formula is C17H32N2O. The molecule has 1 heterocycles. The molecule has 3 heteroatoms. The van der Waals surface area contributed by atoms with Crippen molar-refractivity contribution >= 4 is 5.91 Å². The second-order valence-corrected chi connectivity index (χ2v) is 8.00. The number of carbonyl (C=O) groups is 1. The van der Waals surface area contributed by atoms with Gasteiger partial charge in [-0.25, -0.2) is 0 Å². The number of carbonyl (C=O) groups excluding carboxylic acids is 1. The summed E-state index contributed by atoms with van der Waals surface area (Å²) in [6.45, 7) is 14.1. The van der Waals surface area contributed by atoms with Crippen LogP contribution >= 0.6 is 0 Å². The molecular weight excluding hydrogens is 248 g/mol. The van der Waals surface area contributed by atoms with E-state index in [4.69, 9.17) is 0 Å². The lowest BCUT2D eigenvalue weighted by Gasteiger charge is -2.39. The van der Waals surface area contributed by atoms with Gasteiger partial charge in [0.25, 0.3) is 0 Å². The zero-order valence-corrected chi connectivity index (χ0v) is 13.8. The molecule has 0 spiro atoms. The first-order valence-corrected chi connectivity index (χ1v) is 8.38. The van der Waals surface area contributed by atoms with Gasteiger partial charge >= 0.3 is 0 Å². The summed E-state index contributed by atoms with van der Waals surface area (Å²) in [4.78, 5) is 17.2. The Labute approximate surface area is 124 Å². The van der Waals surface area contributed by atoms with Crippen molar-refractivity contribution in [2.75, 3.05) is 32.7 Å². The number of piperazine rings is 1. The fraction of sp³-hybridized carbons (Fsp3) is 0.941. The minimum atomic E-state index is 0.242. The van der Waals surface area contributed by atoms with Gasteiger partial charge in [-0.05, 0) is 24.2 Å². The number of amides is 1. The highest BCUT2D eigenvalue weighted by molar-refractivity contribution is 5.79. The molecule has 116 valence electrons. The minimum Gasteiger partial charge on any atom is -0.340 e. The van der Waals surface area contributed by atoms with Crippen LogP contribution in [0.15, 0.2) is 0 Å². The van der Waals surface area contributed by atoms with Gasteiger partial charge in [-0.15, -0.1) is 0 Å². The van der Waals surface area contributed by atoms with Crippen molar-refractivity contribution in [3.8, 4) is 0 Å². The lowest BCUT2D eigenvalue weighted by molar-refractivity contribution is -0.138. The van der Waals surface area contributed by atoms with Crippen LogP contribution in [0.5, 0.6) is 0 Å². The van der Waals surface area contributed by atoms with Crippen molar-refractivity contribution < 1.29 is 4.79 Å². The third-order valence-electron chi connectivity index (χ3n) is 4.88. The quantitative estimate of drug-likeness (QED) is 0.793. The molecule has 1 aliphatic heterocycles. The summed E-state index contributed by atoms with van der Waals surface area (Å²) >= 11 is 0. The van der Waals surface area contributed by atoms with Crippen molar-refractivity contribution in [2.24, 2.45) is 17.3 Å². The van der Waals surface area contributed by atoms with E-state index in [1.807, 2.05) is 0 Å². The van der Waals surface area contributed by atoms with E-state index in [0.717, 1.165) is 32.7 Å². The smallest absolute Gasteiger partial charge is 0.225 e. The number of rotatable bonds is 3. The average molecular weight is 280 g/mol. The molecule has 2 fully saturated rings. The van der Waals surface area contributed by atoms with Crippen LogP contribution in [-0.2, 0) is 4.79 Å². The van der Waals surface area contributed by atoms with Gasteiger partial charge in [-0.1, -0.05) is 40.5 Å². The van der Waals surface area contributed by atoms with E-state index >= 15 is 0 Å². The summed E-state index contributed by atoms with van der Waals surface area (Å²) in [5, 5.41) is 0. The summed E-state index contributed by atoms with van der Waals surface area (Å²) in [6, 6.07) is 0. The Morgan fingerprint density at radius 3 is 2.15 bits per heavy atom. The van der Waals surface area contributed by atoms with Gasteiger partial charge in [-0.3, -0.25) is 9.69 Å². The summed E-state index contributed by atoms with van der Waals surface area (Å²) in [5.41, 5.74) is 0.351. The molecule has 0 aromatic heterocycles. The molecule has 1 aliphatic carbocycles. The summed E-state index contributed by atoms with van der Waals surface area (Å²) in [5.74, 6) is 1.30. The summed E-state index contributed by atoms with van der Waals surface area (Å²) < 4.78 is 0. The predicted molar refractivity (Wildman–Crippen MR) is 83.6 cm³/mol. The third-order valence-corrected chi connectivity index (χ3v) is 4.88. The molecule has 1 saturated carbocycles. The molecule has 2 aliphatic rings. The molecule has 1 saturated heterocycles. The van der Waals surface area contributed by atoms with Crippen molar-refractivity contribution in [2.45, 2.75) is 53.4 Å². The van der Waals surface area contributed by atoms with E-state index in [-0.39, 0.29) is 5.92 Å². The highest BCUT2D eigenvalue weighted by Crippen LogP contribution is 2.32. The molecule has 0 aromatic carbocycles. The fourth-order valence-electron chi connectivity index (χ4n) is 3.74. The number of hydrogen-bond acceptors (Lipinski definition) is 2. The normalized spacial score (nSPS) is 24.1. The van der Waals surface area contributed by atoms with Crippen LogP contribution in [0.4, 0.5) is 0 Å². The van der Waals surface area contributed by atoms with Crippen LogP contribution in [0, 0.1) is 17.3 Å². The van der Waals surface area contributed by atoms with E-state index in [9.17, 15) is 4.79 Å². The Kier molecular flexibility index (Phi) is 5.11. The van der Waals surface area contributed by atoms with Crippen LogP contribution < -0.4 is 0 Å². The predicted octanol–water partition coefficient (Wildman–Crippen LogP) is 3.00. The Bertz CT molecular complexity index is 320. The molecule has 20 heavy (non-hydrogen) atoms. The van der Waals surface area contributed by atoms with Crippen molar-refractivity contribution in [1.29, 1.82) is 0 Å². The maximum atomic E-state index is 12.6. The Hall–Kier alpha value is -0.570. The van der Waals surface area contributed by atoms with E-state index in [2.05, 4.69) is 37.5 Å². The molecule has 1 atom stereocenters. The Morgan fingerprint density at radius 2 is 1.65 bits per heavy atom. The standard InChI is InChI=1S/C17H32N2O/c1-14(15-7-5-6-8-15)16(20)19-11-9-18(10-12-19)13-17(2,3)4/h14-15H,5-13H2,1-4H3. The highest BCUT2D eigenvalue weighted by Gasteiger charge is 2.31. The van der Waals surface area contributed by atoms with Gasteiger partial charge in [0.05, 0.1) is 0 Å². The van der Waals surface area contributed by atoms with Gasteiger partial charge in [-0.2, -0.15) is 0 Å². The van der Waals surface area contributed by atoms with Crippen LogP contribution in [-0.4, -0.2) is 48.4 Å². The van der Waals surface area contributed by atoms with Gasteiger partial charge < -0.3 is 4.90 Å². The maximum Gasteiger partial charge on any atom is 0.225 e. The largest absolute Gasteiger partial charge is 0.340 e. The molecule has 1 unspecified atom stereocenters. The molecule has 1 amide bonds. The van der Waals surface area contributed by atoms with E-state index in [1.165, 1.54) is 25.7 Å². The monoisotopic (exact) mass is 280 g/mol. The first kappa shape index (κ1) is 15.8. The van der Waals surface area contributed by atoms with Gasteiger partial charge in [0.1, 0.15) is 0 Å². The number of nitrogens with zero attached hydrogens (tertiary/aromatic N) is 2. The molecule has 0 bridgehead atoms. The minimum absolute atomic E-state index is 0.242. The van der Waals surface area contributed by atoms with Crippen molar-refractivity contribution in [3.05, 3.63) is 0 Å². The molecule has 0 radical (unpaired) electrons.